The molecule has 0 saturated heterocycles. The van der Waals surface area contributed by atoms with Crippen molar-refractivity contribution in [3.8, 4) is 0 Å². The molecule has 2 aromatic carbocycles. The lowest BCUT2D eigenvalue weighted by atomic mass is 9.88. The Bertz CT molecular complexity index is 604. The first kappa shape index (κ1) is 11.7. The Balaban J connectivity index is 1.94. The Kier molecular flexibility index (Phi) is 2.81. The molecular weight excluding hydrogens is 240 g/mol. The first-order valence-electron chi connectivity index (χ1n) is 7.47. The zero-order chi connectivity index (χ0) is 13.4. The topological polar surface area (TPSA) is 0 Å². The van der Waals surface area contributed by atoms with Gasteiger partial charge in [-0.3, -0.25) is 0 Å². The molecule has 0 radical (unpaired) electrons. The summed E-state index contributed by atoms with van der Waals surface area (Å²) in [5, 5.41) is 0. The molecule has 0 unspecified atom stereocenters. The summed E-state index contributed by atoms with van der Waals surface area (Å²) in [7, 11) is 0. The third-order valence-electron chi connectivity index (χ3n) is 4.58. The first-order chi connectivity index (χ1) is 9.93. The fourth-order valence-corrected chi connectivity index (χ4v) is 3.69. The minimum absolute atomic E-state index is 0.662. The summed E-state index contributed by atoms with van der Waals surface area (Å²) in [5.41, 5.74) is 5.81. The molecule has 4 rings (SSSR count). The predicted octanol–water partition coefficient (Wildman–Crippen LogP) is 5.08. The summed E-state index contributed by atoms with van der Waals surface area (Å²) < 4.78 is 0. The third-order valence-corrected chi connectivity index (χ3v) is 4.58. The van der Waals surface area contributed by atoms with Crippen molar-refractivity contribution in [2.75, 3.05) is 0 Å². The molecule has 0 heterocycles. The second-order valence-electron chi connectivity index (χ2n) is 5.74. The van der Waals surface area contributed by atoms with Crippen LogP contribution in [0.5, 0.6) is 0 Å². The Morgan fingerprint density at radius 1 is 0.650 bits per heavy atom. The van der Waals surface area contributed by atoms with Crippen molar-refractivity contribution in [3.05, 3.63) is 89.5 Å². The molecule has 2 bridgehead atoms. The maximum Gasteiger partial charge on any atom is -0.000738 e. The van der Waals surface area contributed by atoms with Gasteiger partial charge in [-0.2, -0.15) is 0 Å². The predicted molar refractivity (Wildman–Crippen MR) is 84.3 cm³/mol. The van der Waals surface area contributed by atoms with E-state index >= 15 is 0 Å². The lowest BCUT2D eigenvalue weighted by molar-refractivity contribution is 0.705. The molecule has 0 amide bonds. The highest BCUT2D eigenvalue weighted by molar-refractivity contribution is 5.84. The van der Waals surface area contributed by atoms with Crippen LogP contribution in [0.4, 0.5) is 0 Å². The van der Waals surface area contributed by atoms with E-state index in [1.54, 1.807) is 5.57 Å². The average Bonchev–Trinajstić information content (AvgIpc) is 3.10. The number of hydrogen-bond donors (Lipinski definition) is 0. The minimum Gasteiger partial charge on any atom is -0.0807 e. The third kappa shape index (κ3) is 1.84. The van der Waals surface area contributed by atoms with Gasteiger partial charge in [0.05, 0.1) is 0 Å². The van der Waals surface area contributed by atoms with Crippen LogP contribution in [0.25, 0.3) is 5.57 Å². The van der Waals surface area contributed by atoms with Crippen LogP contribution >= 0.6 is 0 Å². The molecule has 2 aliphatic carbocycles. The fraction of sp³-hybridized carbons (Fsp3) is 0.200. The highest BCUT2D eigenvalue weighted by Gasteiger charge is 2.34. The van der Waals surface area contributed by atoms with E-state index in [4.69, 9.17) is 0 Å². The van der Waals surface area contributed by atoms with Crippen LogP contribution in [0, 0.1) is 11.8 Å². The summed E-state index contributed by atoms with van der Waals surface area (Å²) in [6.07, 6.45) is 7.46. The summed E-state index contributed by atoms with van der Waals surface area (Å²) in [6, 6.07) is 21.7. The standard InChI is InChI=1S/C20H18/c1-3-7-15(8-4-1)19(16-9-5-2-6-10-16)20-17-11-12-18(20)14-13-17/h1-12,17-18H,13-14H2/t17-,18+. The molecule has 0 aliphatic heterocycles. The molecule has 1 fully saturated rings. The zero-order valence-electron chi connectivity index (χ0n) is 11.5. The number of fused-ring (bicyclic) bond motifs is 2. The molecule has 0 N–H and O–H groups in total. The SMILES string of the molecule is C1=C[C@H]2CC[C@@H]1C2=C(c1ccccc1)c1ccccc1. The smallest absolute Gasteiger partial charge is 0.000738 e. The van der Waals surface area contributed by atoms with E-state index in [0.29, 0.717) is 11.8 Å². The average molecular weight is 258 g/mol. The van der Waals surface area contributed by atoms with Crippen molar-refractivity contribution < 1.29 is 0 Å². The number of allylic oxidation sites excluding steroid dienone is 3. The quantitative estimate of drug-likeness (QED) is 0.659. The van der Waals surface area contributed by atoms with Gasteiger partial charge in [-0.1, -0.05) is 72.8 Å². The van der Waals surface area contributed by atoms with E-state index in [9.17, 15) is 0 Å². The normalized spacial score (nSPS) is 23.3. The molecule has 0 nitrogen and oxygen atoms in total. The van der Waals surface area contributed by atoms with Crippen molar-refractivity contribution in [1.82, 2.24) is 0 Å². The largest absolute Gasteiger partial charge is 0.0807 e. The monoisotopic (exact) mass is 258 g/mol. The van der Waals surface area contributed by atoms with Crippen molar-refractivity contribution in [1.29, 1.82) is 0 Å². The van der Waals surface area contributed by atoms with Crippen LogP contribution in [0.1, 0.15) is 24.0 Å². The number of rotatable bonds is 2. The summed E-state index contributed by atoms with van der Waals surface area (Å²) in [4.78, 5) is 0. The van der Waals surface area contributed by atoms with Gasteiger partial charge in [0.15, 0.2) is 0 Å². The Labute approximate surface area is 120 Å². The van der Waals surface area contributed by atoms with Crippen LogP contribution < -0.4 is 0 Å². The molecule has 0 aromatic heterocycles. The first-order valence-corrected chi connectivity index (χ1v) is 7.47. The van der Waals surface area contributed by atoms with Crippen molar-refractivity contribution in [2.24, 2.45) is 11.8 Å². The van der Waals surface area contributed by atoms with Crippen LogP contribution in [0.15, 0.2) is 78.4 Å². The molecule has 0 heteroatoms. The van der Waals surface area contributed by atoms with E-state index in [0.717, 1.165) is 0 Å². The van der Waals surface area contributed by atoms with Gasteiger partial charge < -0.3 is 0 Å². The minimum atomic E-state index is 0.662. The van der Waals surface area contributed by atoms with Gasteiger partial charge in [-0.25, -0.2) is 0 Å². The fourth-order valence-electron chi connectivity index (χ4n) is 3.69. The Morgan fingerprint density at radius 2 is 1.10 bits per heavy atom. The van der Waals surface area contributed by atoms with Crippen LogP contribution in [-0.2, 0) is 0 Å². The maximum atomic E-state index is 2.41. The van der Waals surface area contributed by atoms with Crippen LogP contribution in [0.2, 0.25) is 0 Å². The maximum absolute atomic E-state index is 2.41. The van der Waals surface area contributed by atoms with Gasteiger partial charge in [0.25, 0.3) is 0 Å². The van der Waals surface area contributed by atoms with E-state index in [2.05, 4.69) is 72.8 Å². The lowest BCUT2D eigenvalue weighted by Gasteiger charge is -2.16. The van der Waals surface area contributed by atoms with Gasteiger partial charge >= 0.3 is 0 Å². The van der Waals surface area contributed by atoms with Crippen molar-refractivity contribution in [2.45, 2.75) is 12.8 Å². The van der Waals surface area contributed by atoms with E-state index < -0.39 is 0 Å². The lowest BCUT2D eigenvalue weighted by Crippen LogP contribution is -1.99. The molecular formula is C20H18. The molecule has 20 heavy (non-hydrogen) atoms. The van der Waals surface area contributed by atoms with Gasteiger partial charge in [-0.05, 0) is 47.0 Å². The molecule has 0 spiro atoms. The van der Waals surface area contributed by atoms with Gasteiger partial charge in [-0.15, -0.1) is 0 Å². The van der Waals surface area contributed by atoms with Gasteiger partial charge in [0, 0.05) is 0 Å². The Morgan fingerprint density at radius 3 is 1.50 bits per heavy atom. The van der Waals surface area contributed by atoms with Gasteiger partial charge in [0.1, 0.15) is 0 Å². The van der Waals surface area contributed by atoms with Crippen molar-refractivity contribution >= 4 is 5.57 Å². The molecule has 2 atom stereocenters. The number of benzene rings is 2. The van der Waals surface area contributed by atoms with Gasteiger partial charge in [0.2, 0.25) is 0 Å². The Hall–Kier alpha value is -2.08. The molecule has 98 valence electrons. The highest BCUT2D eigenvalue weighted by Crippen LogP contribution is 2.48. The second kappa shape index (κ2) is 4.79. The van der Waals surface area contributed by atoms with E-state index in [1.165, 1.54) is 29.5 Å². The van der Waals surface area contributed by atoms with E-state index in [1.807, 2.05) is 0 Å². The van der Waals surface area contributed by atoms with Crippen molar-refractivity contribution in [3.63, 3.8) is 0 Å². The second-order valence-corrected chi connectivity index (χ2v) is 5.74. The molecule has 2 aliphatic rings. The number of hydrogen-bond acceptors (Lipinski definition) is 0. The highest BCUT2D eigenvalue weighted by atomic mass is 14.4. The zero-order valence-corrected chi connectivity index (χ0v) is 11.5. The van der Waals surface area contributed by atoms with Crippen LogP contribution in [-0.4, -0.2) is 0 Å². The summed E-state index contributed by atoms with van der Waals surface area (Å²) in [5.74, 6) is 1.32. The van der Waals surface area contributed by atoms with Crippen LogP contribution in [0.3, 0.4) is 0 Å². The molecule has 2 aromatic rings. The summed E-state index contributed by atoms with van der Waals surface area (Å²) >= 11 is 0. The summed E-state index contributed by atoms with van der Waals surface area (Å²) in [6.45, 7) is 0. The van der Waals surface area contributed by atoms with E-state index in [-0.39, 0.29) is 0 Å². The molecule has 1 saturated carbocycles.